The van der Waals surface area contributed by atoms with Gasteiger partial charge in [0.25, 0.3) is 0 Å². The molecule has 0 fully saturated rings. The Balaban J connectivity index is 3.17. The van der Waals surface area contributed by atoms with Crippen molar-refractivity contribution < 1.29 is 9.18 Å². The highest BCUT2D eigenvalue weighted by atomic mass is 79.9. The van der Waals surface area contributed by atoms with Crippen LogP contribution in [0.1, 0.15) is 16.8 Å². The monoisotopic (exact) mass is 276 g/mol. The molecule has 0 unspecified atom stereocenters. The number of carbonyl (C=O) groups excluding carboxylic acids is 1. The predicted molar refractivity (Wildman–Crippen MR) is 58.3 cm³/mol. The molecular weight excluding hydrogens is 270 g/mol. The molecule has 0 atom stereocenters. The summed E-state index contributed by atoms with van der Waals surface area (Å²) in [5.41, 5.74) is -0.00176. The van der Waals surface area contributed by atoms with E-state index in [1.54, 1.807) is 6.07 Å². The normalized spacial score (nSPS) is 9.93. The molecule has 0 heterocycles. The van der Waals surface area contributed by atoms with Gasteiger partial charge in [-0.05, 0) is 28.1 Å². The van der Waals surface area contributed by atoms with Gasteiger partial charge in [-0.1, -0.05) is 17.7 Å². The first-order valence-corrected chi connectivity index (χ1v) is 5.02. The average molecular weight is 278 g/mol. The summed E-state index contributed by atoms with van der Waals surface area (Å²) in [5.74, 6) is -1.01. The lowest BCUT2D eigenvalue weighted by molar-refractivity contribution is 0.0992. The first-order chi connectivity index (χ1) is 6.57. The third-order valence-electron chi connectivity index (χ3n) is 1.67. The molecule has 0 N–H and O–H groups in total. The fraction of sp³-hybridized carbons (Fsp3) is 0.100. The molecule has 0 amide bonds. The van der Waals surface area contributed by atoms with E-state index in [0.717, 1.165) is 0 Å². The first kappa shape index (κ1) is 11.4. The van der Waals surface area contributed by atoms with Crippen LogP contribution in [-0.2, 0) is 0 Å². The summed E-state index contributed by atoms with van der Waals surface area (Å²) in [5, 5.41) is -0.0695. The molecule has 0 spiro atoms. The number of carbonyl (C=O) groups is 1. The Morgan fingerprint density at radius 1 is 1.64 bits per heavy atom. The van der Waals surface area contributed by atoms with Gasteiger partial charge in [0, 0.05) is 10.9 Å². The summed E-state index contributed by atoms with van der Waals surface area (Å²) in [6.45, 7) is 3.41. The molecule has 0 bridgehead atoms. The zero-order valence-corrected chi connectivity index (χ0v) is 9.53. The Hall–Kier alpha value is -0.670. The maximum Gasteiger partial charge on any atom is 0.169 e. The van der Waals surface area contributed by atoms with E-state index in [1.807, 2.05) is 0 Å². The maximum absolute atomic E-state index is 13.4. The second kappa shape index (κ2) is 4.71. The maximum atomic E-state index is 13.4. The Morgan fingerprint density at radius 3 is 2.86 bits per heavy atom. The van der Waals surface area contributed by atoms with E-state index in [9.17, 15) is 9.18 Å². The van der Waals surface area contributed by atoms with Gasteiger partial charge in [-0.15, -0.1) is 6.58 Å². The minimum absolute atomic E-state index is 0.00176. The molecule has 0 aliphatic heterocycles. The van der Waals surface area contributed by atoms with Crippen LogP contribution in [0, 0.1) is 5.82 Å². The smallest absolute Gasteiger partial charge is 0.169 e. The van der Waals surface area contributed by atoms with Crippen LogP contribution < -0.4 is 0 Å². The van der Waals surface area contributed by atoms with Crippen LogP contribution in [0.4, 0.5) is 4.39 Å². The zero-order chi connectivity index (χ0) is 10.7. The van der Waals surface area contributed by atoms with Gasteiger partial charge in [-0.25, -0.2) is 4.39 Å². The number of rotatable bonds is 3. The predicted octanol–water partition coefficient (Wildman–Crippen LogP) is 4.00. The van der Waals surface area contributed by atoms with Gasteiger partial charge >= 0.3 is 0 Å². The molecule has 74 valence electrons. The SMILES string of the molecule is C=CCC(=O)c1ccc(Br)c(Cl)c1F. The molecular formula is C10H7BrClFO. The molecule has 0 aromatic heterocycles. The standard InChI is InChI=1S/C10H7BrClFO/c1-2-3-8(14)6-4-5-7(11)9(12)10(6)13/h2,4-5H,1,3H2. The second-order valence-corrected chi connectivity index (χ2v) is 3.87. The third kappa shape index (κ3) is 2.22. The summed E-state index contributed by atoms with van der Waals surface area (Å²) in [6, 6.07) is 2.94. The van der Waals surface area contributed by atoms with Gasteiger partial charge in [-0.3, -0.25) is 4.79 Å². The van der Waals surface area contributed by atoms with Gasteiger partial charge in [0.05, 0.1) is 10.6 Å². The number of hydrogen-bond acceptors (Lipinski definition) is 1. The lowest BCUT2D eigenvalue weighted by Crippen LogP contribution is -2.01. The summed E-state index contributed by atoms with van der Waals surface area (Å²) in [7, 11) is 0. The highest BCUT2D eigenvalue weighted by Crippen LogP contribution is 2.28. The van der Waals surface area contributed by atoms with E-state index in [0.29, 0.717) is 4.47 Å². The molecule has 1 aromatic carbocycles. The van der Waals surface area contributed by atoms with Crippen LogP contribution in [0.2, 0.25) is 5.02 Å². The fourth-order valence-corrected chi connectivity index (χ4v) is 1.45. The highest BCUT2D eigenvalue weighted by Gasteiger charge is 2.14. The van der Waals surface area contributed by atoms with E-state index >= 15 is 0 Å². The molecule has 1 rings (SSSR count). The van der Waals surface area contributed by atoms with Crippen molar-refractivity contribution in [2.75, 3.05) is 0 Å². The topological polar surface area (TPSA) is 17.1 Å². The molecule has 0 aliphatic rings. The van der Waals surface area contributed by atoms with Crippen LogP contribution in [0.25, 0.3) is 0 Å². The molecule has 1 aromatic rings. The van der Waals surface area contributed by atoms with Crippen molar-refractivity contribution in [2.24, 2.45) is 0 Å². The van der Waals surface area contributed by atoms with Crippen molar-refractivity contribution in [3.05, 3.63) is 45.7 Å². The number of hydrogen-bond donors (Lipinski definition) is 0. The Labute approximate surface area is 94.7 Å². The summed E-state index contributed by atoms with van der Waals surface area (Å²) in [6.07, 6.45) is 1.53. The van der Waals surface area contributed by atoms with Crippen LogP contribution in [0.3, 0.4) is 0 Å². The van der Waals surface area contributed by atoms with E-state index in [-0.39, 0.29) is 22.8 Å². The van der Waals surface area contributed by atoms with Crippen LogP contribution in [0.15, 0.2) is 29.3 Å². The quantitative estimate of drug-likeness (QED) is 0.464. The molecule has 0 saturated carbocycles. The molecule has 4 heteroatoms. The number of halogens is 3. The minimum Gasteiger partial charge on any atom is -0.294 e. The van der Waals surface area contributed by atoms with Crippen molar-refractivity contribution >= 4 is 33.3 Å². The lowest BCUT2D eigenvalue weighted by Gasteiger charge is -2.03. The Morgan fingerprint density at radius 2 is 2.29 bits per heavy atom. The molecule has 0 aliphatic carbocycles. The molecule has 14 heavy (non-hydrogen) atoms. The summed E-state index contributed by atoms with van der Waals surface area (Å²) < 4.78 is 13.9. The third-order valence-corrected chi connectivity index (χ3v) is 2.92. The van der Waals surface area contributed by atoms with Crippen molar-refractivity contribution in [2.45, 2.75) is 6.42 Å². The largest absolute Gasteiger partial charge is 0.294 e. The van der Waals surface area contributed by atoms with Crippen LogP contribution in [0.5, 0.6) is 0 Å². The van der Waals surface area contributed by atoms with E-state index in [4.69, 9.17) is 11.6 Å². The van der Waals surface area contributed by atoms with Gasteiger partial charge in [0.1, 0.15) is 0 Å². The van der Waals surface area contributed by atoms with Gasteiger partial charge in [0.15, 0.2) is 11.6 Å². The lowest BCUT2D eigenvalue weighted by atomic mass is 10.1. The summed E-state index contributed by atoms with van der Waals surface area (Å²) in [4.78, 5) is 11.3. The molecule has 0 saturated heterocycles. The fourth-order valence-electron chi connectivity index (χ4n) is 0.982. The second-order valence-electron chi connectivity index (χ2n) is 2.64. The number of benzene rings is 1. The van der Waals surface area contributed by atoms with Crippen LogP contribution in [-0.4, -0.2) is 5.78 Å². The van der Waals surface area contributed by atoms with Crippen molar-refractivity contribution in [3.63, 3.8) is 0 Å². The van der Waals surface area contributed by atoms with Crippen molar-refractivity contribution in [1.29, 1.82) is 0 Å². The number of allylic oxidation sites excluding steroid dienone is 1. The zero-order valence-electron chi connectivity index (χ0n) is 7.19. The number of ketones is 1. The van der Waals surface area contributed by atoms with E-state index in [2.05, 4.69) is 22.5 Å². The van der Waals surface area contributed by atoms with E-state index in [1.165, 1.54) is 12.1 Å². The van der Waals surface area contributed by atoms with Gasteiger partial charge in [-0.2, -0.15) is 0 Å². The number of Topliss-reactive ketones (excluding diaryl/α,β-unsaturated/α-hetero) is 1. The van der Waals surface area contributed by atoms with Gasteiger partial charge < -0.3 is 0 Å². The molecule has 0 radical (unpaired) electrons. The molecule has 1 nitrogen and oxygen atoms in total. The Kier molecular flexibility index (Phi) is 3.84. The van der Waals surface area contributed by atoms with Gasteiger partial charge in [0.2, 0.25) is 0 Å². The first-order valence-electron chi connectivity index (χ1n) is 3.85. The van der Waals surface area contributed by atoms with Crippen molar-refractivity contribution in [1.82, 2.24) is 0 Å². The summed E-state index contributed by atoms with van der Waals surface area (Å²) >= 11 is 8.69. The average Bonchev–Trinajstić information content (AvgIpc) is 2.15. The Bertz CT molecular complexity index is 390. The van der Waals surface area contributed by atoms with E-state index < -0.39 is 5.82 Å². The van der Waals surface area contributed by atoms with Crippen molar-refractivity contribution in [3.8, 4) is 0 Å². The minimum atomic E-state index is -0.687. The highest BCUT2D eigenvalue weighted by molar-refractivity contribution is 9.10. The van der Waals surface area contributed by atoms with Crippen LogP contribution >= 0.6 is 27.5 Å².